The molecule has 0 fully saturated rings. The SMILES string of the molecule is c1ccc(-c2cccc(-c3cc(-c4ccc(-c5cc6c(c7ccccc57)-c5c(ccc7ccccc57)C65c6ccccc6-c6ccccc65)cc4)nc(-c4ccccc4)n3)c2)cc1. The summed E-state index contributed by atoms with van der Waals surface area (Å²) in [4.78, 5) is 10.4. The van der Waals surface area contributed by atoms with Crippen LogP contribution in [-0.2, 0) is 5.41 Å². The molecular formula is C61H38N2. The minimum atomic E-state index is -0.469. The third-order valence-electron chi connectivity index (χ3n) is 13.5. The quantitative estimate of drug-likeness (QED) is 0.173. The highest BCUT2D eigenvalue weighted by atomic mass is 14.9. The normalized spacial score (nSPS) is 12.9. The summed E-state index contributed by atoms with van der Waals surface area (Å²) in [6.45, 7) is 0. The van der Waals surface area contributed by atoms with Crippen LogP contribution in [-0.4, -0.2) is 9.97 Å². The maximum absolute atomic E-state index is 5.21. The molecule has 2 nitrogen and oxygen atoms in total. The Labute approximate surface area is 366 Å². The maximum atomic E-state index is 5.21. The molecule has 0 amide bonds. The molecule has 10 aromatic carbocycles. The fraction of sp³-hybridized carbons (Fsp3) is 0.0164. The first-order valence-electron chi connectivity index (χ1n) is 21.7. The lowest BCUT2D eigenvalue weighted by atomic mass is 9.70. The van der Waals surface area contributed by atoms with Gasteiger partial charge in [0.15, 0.2) is 5.82 Å². The Morgan fingerprint density at radius 1 is 0.270 bits per heavy atom. The zero-order valence-electron chi connectivity index (χ0n) is 34.3. The monoisotopic (exact) mass is 798 g/mol. The molecule has 63 heavy (non-hydrogen) atoms. The van der Waals surface area contributed by atoms with E-state index in [9.17, 15) is 0 Å². The molecule has 0 saturated carbocycles. The van der Waals surface area contributed by atoms with E-state index in [4.69, 9.17) is 9.97 Å². The zero-order valence-corrected chi connectivity index (χ0v) is 34.3. The van der Waals surface area contributed by atoms with Crippen molar-refractivity contribution in [3.63, 3.8) is 0 Å². The number of nitrogens with zero attached hydrogens (tertiary/aromatic N) is 2. The molecule has 11 aromatic rings. The standard InChI is InChI=1S/C61H38N2/c1-3-16-39(17-4-1)44-21-15-22-45(36-44)57-38-56(62-60(63-57)43-19-5-2-6-20-43)42-32-30-41(31-33-42)51-37-55-59(50-27-10-9-24-47(50)51)58-46-23-8-7-18-40(46)34-35-54(58)61(55)52-28-13-11-25-48(52)49-26-12-14-29-53(49)61/h1-38H. The Balaban J connectivity index is 1.01. The highest BCUT2D eigenvalue weighted by Gasteiger charge is 2.52. The average Bonchev–Trinajstić information content (AvgIpc) is 3.84. The molecule has 2 aliphatic rings. The van der Waals surface area contributed by atoms with Gasteiger partial charge in [-0.25, -0.2) is 9.97 Å². The summed E-state index contributed by atoms with van der Waals surface area (Å²) in [5.74, 6) is 0.705. The highest BCUT2D eigenvalue weighted by Crippen LogP contribution is 2.65. The maximum Gasteiger partial charge on any atom is 0.160 e. The number of aromatic nitrogens is 2. The number of hydrogen-bond donors (Lipinski definition) is 0. The molecule has 0 unspecified atom stereocenters. The van der Waals surface area contributed by atoms with Crippen LogP contribution in [0.5, 0.6) is 0 Å². The van der Waals surface area contributed by atoms with Crippen LogP contribution in [0.4, 0.5) is 0 Å². The van der Waals surface area contributed by atoms with Gasteiger partial charge in [-0.15, -0.1) is 0 Å². The molecule has 2 aliphatic carbocycles. The van der Waals surface area contributed by atoms with Crippen LogP contribution in [0.15, 0.2) is 231 Å². The van der Waals surface area contributed by atoms with Crippen molar-refractivity contribution in [3.05, 3.63) is 253 Å². The van der Waals surface area contributed by atoms with Gasteiger partial charge in [0, 0.05) is 16.7 Å². The minimum absolute atomic E-state index is 0.469. The third-order valence-corrected chi connectivity index (χ3v) is 13.5. The van der Waals surface area contributed by atoms with Crippen molar-refractivity contribution in [3.8, 4) is 78.4 Å². The number of hydrogen-bond acceptors (Lipinski definition) is 2. The Kier molecular flexibility index (Phi) is 7.85. The van der Waals surface area contributed by atoms with Crippen molar-refractivity contribution in [1.29, 1.82) is 0 Å². The number of fused-ring (bicyclic) bond motifs is 14. The van der Waals surface area contributed by atoms with Crippen LogP contribution >= 0.6 is 0 Å². The Hall–Kier alpha value is -8.20. The smallest absolute Gasteiger partial charge is 0.160 e. The second-order valence-corrected chi connectivity index (χ2v) is 16.8. The molecule has 2 heteroatoms. The van der Waals surface area contributed by atoms with E-state index in [1.165, 1.54) is 82.7 Å². The Morgan fingerprint density at radius 3 is 1.54 bits per heavy atom. The van der Waals surface area contributed by atoms with Crippen molar-refractivity contribution >= 4 is 21.5 Å². The van der Waals surface area contributed by atoms with Crippen LogP contribution in [0.25, 0.3) is 100.0 Å². The summed E-state index contributed by atoms with van der Waals surface area (Å²) < 4.78 is 0. The van der Waals surface area contributed by atoms with Crippen molar-refractivity contribution in [2.75, 3.05) is 0 Å². The largest absolute Gasteiger partial charge is 0.228 e. The predicted molar refractivity (Wildman–Crippen MR) is 261 cm³/mol. The van der Waals surface area contributed by atoms with Gasteiger partial charge in [0.25, 0.3) is 0 Å². The van der Waals surface area contributed by atoms with Gasteiger partial charge in [0.1, 0.15) is 0 Å². The fourth-order valence-electron chi connectivity index (χ4n) is 10.8. The van der Waals surface area contributed by atoms with Crippen molar-refractivity contribution in [2.24, 2.45) is 0 Å². The van der Waals surface area contributed by atoms with Crippen LogP contribution in [0, 0.1) is 0 Å². The molecule has 0 saturated heterocycles. The number of rotatable bonds is 5. The first-order chi connectivity index (χ1) is 31.2. The lowest BCUT2D eigenvalue weighted by Crippen LogP contribution is -2.26. The Bertz CT molecular complexity index is 3560. The van der Waals surface area contributed by atoms with Gasteiger partial charge in [0.2, 0.25) is 0 Å². The first-order valence-corrected chi connectivity index (χ1v) is 21.7. The molecule has 0 bridgehead atoms. The molecule has 0 N–H and O–H groups in total. The van der Waals surface area contributed by atoms with Crippen molar-refractivity contribution in [2.45, 2.75) is 5.41 Å². The van der Waals surface area contributed by atoms with E-state index >= 15 is 0 Å². The van der Waals surface area contributed by atoms with Gasteiger partial charge in [-0.2, -0.15) is 0 Å². The lowest BCUT2D eigenvalue weighted by molar-refractivity contribution is 0.795. The van der Waals surface area contributed by atoms with E-state index in [1.54, 1.807) is 0 Å². The molecule has 1 heterocycles. The number of benzene rings is 10. The van der Waals surface area contributed by atoms with Gasteiger partial charge in [-0.3, -0.25) is 0 Å². The summed E-state index contributed by atoms with van der Waals surface area (Å²) in [7, 11) is 0. The van der Waals surface area contributed by atoms with E-state index < -0.39 is 5.41 Å². The molecule has 0 radical (unpaired) electrons. The Morgan fingerprint density at radius 2 is 0.810 bits per heavy atom. The molecular weight excluding hydrogens is 761 g/mol. The van der Waals surface area contributed by atoms with Crippen LogP contribution in [0.1, 0.15) is 22.3 Å². The predicted octanol–water partition coefficient (Wildman–Crippen LogP) is 15.5. The molecule has 1 aromatic heterocycles. The van der Waals surface area contributed by atoms with Gasteiger partial charge in [0.05, 0.1) is 16.8 Å². The summed E-state index contributed by atoms with van der Waals surface area (Å²) in [6.07, 6.45) is 0. The second kappa shape index (κ2) is 13.9. The van der Waals surface area contributed by atoms with E-state index in [0.717, 1.165) is 33.6 Å². The average molecular weight is 799 g/mol. The van der Waals surface area contributed by atoms with Crippen LogP contribution in [0.3, 0.4) is 0 Å². The van der Waals surface area contributed by atoms with Crippen LogP contribution in [0.2, 0.25) is 0 Å². The third kappa shape index (κ3) is 5.32. The second-order valence-electron chi connectivity index (χ2n) is 16.8. The first kappa shape index (κ1) is 35.5. The van der Waals surface area contributed by atoms with E-state index in [2.05, 4.69) is 212 Å². The summed E-state index contributed by atoms with van der Waals surface area (Å²) in [5.41, 5.74) is 19.8. The van der Waals surface area contributed by atoms with Crippen LogP contribution < -0.4 is 0 Å². The van der Waals surface area contributed by atoms with E-state index in [-0.39, 0.29) is 0 Å². The van der Waals surface area contributed by atoms with Gasteiger partial charge < -0.3 is 0 Å². The summed E-state index contributed by atoms with van der Waals surface area (Å²) in [5, 5.41) is 5.07. The molecule has 1 spiro atoms. The fourth-order valence-corrected chi connectivity index (χ4v) is 10.8. The summed E-state index contributed by atoms with van der Waals surface area (Å²) >= 11 is 0. The molecule has 0 atom stereocenters. The van der Waals surface area contributed by atoms with E-state index in [1.807, 2.05) is 18.2 Å². The van der Waals surface area contributed by atoms with Crippen molar-refractivity contribution in [1.82, 2.24) is 9.97 Å². The topological polar surface area (TPSA) is 25.8 Å². The lowest BCUT2D eigenvalue weighted by Gasteiger charge is -2.31. The molecule has 13 rings (SSSR count). The van der Waals surface area contributed by atoms with Crippen molar-refractivity contribution < 1.29 is 0 Å². The molecule has 0 aliphatic heterocycles. The van der Waals surface area contributed by atoms with Gasteiger partial charge in [-0.05, 0) is 107 Å². The molecule has 292 valence electrons. The van der Waals surface area contributed by atoms with Gasteiger partial charge >= 0.3 is 0 Å². The minimum Gasteiger partial charge on any atom is -0.228 e. The van der Waals surface area contributed by atoms with E-state index in [0.29, 0.717) is 5.82 Å². The van der Waals surface area contributed by atoms with Gasteiger partial charge in [-0.1, -0.05) is 212 Å². The summed E-state index contributed by atoms with van der Waals surface area (Å²) in [6, 6.07) is 84.0. The highest BCUT2D eigenvalue weighted by molar-refractivity contribution is 6.16. The zero-order chi connectivity index (χ0) is 41.5.